The minimum Gasteiger partial charge on any atom is -0.480 e. The van der Waals surface area contributed by atoms with Crippen LogP contribution in [0.3, 0.4) is 0 Å². The number of carboxylic acids is 1. The van der Waals surface area contributed by atoms with E-state index in [1.165, 1.54) is 64.2 Å². The lowest BCUT2D eigenvalue weighted by atomic mass is 9.91. The summed E-state index contributed by atoms with van der Waals surface area (Å²) in [6.45, 7) is -1.30. The number of carboxylic acid groups (broad SMARTS) is 1. The first kappa shape index (κ1) is 39.9. The predicted octanol–water partition coefficient (Wildman–Crippen LogP) is 6.28. The average Bonchev–Trinajstić information content (AvgIpc) is 3.17. The Morgan fingerprint density at radius 3 is 1.73 bits per heavy atom. The van der Waals surface area contributed by atoms with Crippen LogP contribution in [0.2, 0.25) is 0 Å². The van der Waals surface area contributed by atoms with Gasteiger partial charge in [0.1, 0.15) is 19.7 Å². The standard InChI is InChI=1S/C30H30N2O7.C12H23N/c33-26(25(18-22-10-4-1-5-11-22)31-30(38)24-14-8-3-9-15-24)16-17-27(34)32(19-28(35)36)20-29(37)39-21-23-12-6-2-7-13-23;1-3-7-11(8-4-1)13-12-9-5-2-6-10-12/h1-15,25H,16-21H2,(H,31,38)(H,35,36);11-13H,1-10H2. The number of rotatable bonds is 16. The molecule has 0 radical (unpaired) electrons. The summed E-state index contributed by atoms with van der Waals surface area (Å²) in [7, 11) is 0. The van der Waals surface area contributed by atoms with Gasteiger partial charge in [-0.1, -0.05) is 117 Å². The number of ether oxygens (including phenoxy) is 1. The largest absolute Gasteiger partial charge is 0.480 e. The lowest BCUT2D eigenvalue weighted by Crippen LogP contribution is -2.43. The zero-order chi connectivity index (χ0) is 37.0. The van der Waals surface area contributed by atoms with Gasteiger partial charge in [0.25, 0.3) is 5.91 Å². The number of aliphatic carboxylic acids is 1. The normalized spacial score (nSPS) is 15.3. The molecule has 0 heterocycles. The third-order valence-corrected chi connectivity index (χ3v) is 9.52. The molecule has 3 aromatic rings. The van der Waals surface area contributed by atoms with Gasteiger partial charge in [-0.15, -0.1) is 0 Å². The van der Waals surface area contributed by atoms with E-state index in [0.717, 1.165) is 28.1 Å². The molecule has 2 fully saturated rings. The molecule has 3 N–H and O–H groups in total. The van der Waals surface area contributed by atoms with Gasteiger partial charge < -0.3 is 25.4 Å². The number of nitrogens with zero attached hydrogens (tertiary/aromatic N) is 1. The molecule has 5 rings (SSSR count). The van der Waals surface area contributed by atoms with Crippen molar-refractivity contribution in [1.29, 1.82) is 0 Å². The average molecular weight is 712 g/mol. The van der Waals surface area contributed by atoms with Gasteiger partial charge in [0.15, 0.2) is 5.78 Å². The van der Waals surface area contributed by atoms with Crippen molar-refractivity contribution in [2.75, 3.05) is 13.1 Å². The van der Waals surface area contributed by atoms with Crippen LogP contribution in [0.5, 0.6) is 0 Å². The highest BCUT2D eigenvalue weighted by Crippen LogP contribution is 2.22. The van der Waals surface area contributed by atoms with Crippen molar-refractivity contribution >= 4 is 29.5 Å². The Labute approximate surface area is 307 Å². The van der Waals surface area contributed by atoms with E-state index in [9.17, 15) is 29.1 Å². The summed E-state index contributed by atoms with van der Waals surface area (Å²) < 4.78 is 5.17. The molecule has 0 bridgehead atoms. The Kier molecular flexibility index (Phi) is 17.0. The first-order valence-corrected chi connectivity index (χ1v) is 18.6. The van der Waals surface area contributed by atoms with Crippen molar-refractivity contribution in [2.24, 2.45) is 0 Å². The molecule has 0 aromatic heterocycles. The van der Waals surface area contributed by atoms with Gasteiger partial charge in [0.2, 0.25) is 5.91 Å². The second-order valence-corrected chi connectivity index (χ2v) is 13.7. The van der Waals surface area contributed by atoms with Gasteiger partial charge in [0.05, 0.1) is 6.04 Å². The Balaban J connectivity index is 0.000000386. The minimum atomic E-state index is -1.30. The first-order chi connectivity index (χ1) is 25.3. The van der Waals surface area contributed by atoms with E-state index in [-0.39, 0.29) is 25.9 Å². The van der Waals surface area contributed by atoms with Crippen molar-refractivity contribution in [2.45, 2.75) is 108 Å². The predicted molar refractivity (Wildman–Crippen MR) is 199 cm³/mol. The number of hydrogen-bond acceptors (Lipinski definition) is 7. The van der Waals surface area contributed by atoms with Crippen molar-refractivity contribution in [3.63, 3.8) is 0 Å². The van der Waals surface area contributed by atoms with Crippen LogP contribution in [-0.2, 0) is 36.9 Å². The molecule has 10 heteroatoms. The summed E-state index contributed by atoms with van der Waals surface area (Å²) in [6.07, 6.45) is 14.2. The SMILES string of the molecule is C1CCC(NC2CCCCC2)CC1.O=C(O)CN(CC(=O)OCc1ccccc1)C(=O)CCC(=O)C(Cc1ccccc1)NC(=O)c1ccccc1. The molecule has 2 aliphatic carbocycles. The van der Waals surface area contributed by atoms with Gasteiger partial charge in [-0.2, -0.15) is 0 Å². The first-order valence-electron chi connectivity index (χ1n) is 18.6. The van der Waals surface area contributed by atoms with E-state index in [1.54, 1.807) is 54.6 Å². The van der Waals surface area contributed by atoms with Crippen LogP contribution in [0.15, 0.2) is 91.0 Å². The summed E-state index contributed by atoms with van der Waals surface area (Å²) in [5.74, 6) is -3.57. The molecular formula is C42H53N3O7. The topological polar surface area (TPSA) is 142 Å². The smallest absolute Gasteiger partial charge is 0.325 e. The highest BCUT2D eigenvalue weighted by Gasteiger charge is 2.26. The van der Waals surface area contributed by atoms with Crippen LogP contribution in [-0.4, -0.2) is 70.8 Å². The Hall–Kier alpha value is -4.83. The number of hydrogen-bond donors (Lipinski definition) is 3. The third-order valence-electron chi connectivity index (χ3n) is 9.52. The number of carbonyl (C=O) groups excluding carboxylic acids is 4. The van der Waals surface area contributed by atoms with Crippen molar-refractivity contribution < 1.29 is 33.8 Å². The zero-order valence-corrected chi connectivity index (χ0v) is 30.0. The number of amides is 2. The third kappa shape index (κ3) is 14.8. The van der Waals surface area contributed by atoms with Gasteiger partial charge >= 0.3 is 11.9 Å². The molecular weight excluding hydrogens is 658 g/mol. The van der Waals surface area contributed by atoms with Crippen LogP contribution in [0.1, 0.15) is 98.5 Å². The molecule has 10 nitrogen and oxygen atoms in total. The Bertz CT molecular complexity index is 1520. The molecule has 2 amide bonds. The van der Waals surface area contributed by atoms with E-state index >= 15 is 0 Å². The van der Waals surface area contributed by atoms with Gasteiger partial charge in [-0.05, 0) is 55.4 Å². The maximum Gasteiger partial charge on any atom is 0.325 e. The summed E-state index contributed by atoms with van der Waals surface area (Å²) in [5.41, 5.74) is 1.96. The lowest BCUT2D eigenvalue weighted by Gasteiger charge is -2.30. The fraction of sp³-hybridized carbons (Fsp3) is 0.452. The molecule has 52 heavy (non-hydrogen) atoms. The molecule has 3 aromatic carbocycles. The van der Waals surface area contributed by atoms with Crippen LogP contribution in [0.4, 0.5) is 0 Å². The van der Waals surface area contributed by atoms with Crippen LogP contribution >= 0.6 is 0 Å². The number of ketones is 1. The second kappa shape index (κ2) is 22.2. The highest BCUT2D eigenvalue weighted by molar-refractivity contribution is 5.98. The number of nitrogens with one attached hydrogen (secondary N) is 2. The second-order valence-electron chi connectivity index (χ2n) is 13.7. The summed E-state index contributed by atoms with van der Waals surface area (Å²) in [5, 5.41) is 15.8. The van der Waals surface area contributed by atoms with Crippen LogP contribution < -0.4 is 10.6 Å². The van der Waals surface area contributed by atoms with Crippen LogP contribution in [0.25, 0.3) is 0 Å². The Morgan fingerprint density at radius 1 is 0.673 bits per heavy atom. The summed E-state index contributed by atoms with van der Waals surface area (Å²) in [4.78, 5) is 63.2. The van der Waals surface area contributed by atoms with E-state index in [2.05, 4.69) is 10.6 Å². The van der Waals surface area contributed by atoms with E-state index in [4.69, 9.17) is 4.74 Å². The molecule has 0 spiro atoms. The fourth-order valence-electron chi connectivity index (χ4n) is 6.70. The van der Waals surface area contributed by atoms with Crippen molar-refractivity contribution in [3.8, 4) is 0 Å². The molecule has 2 saturated carbocycles. The van der Waals surface area contributed by atoms with Gasteiger partial charge in [0, 0.05) is 30.5 Å². The number of Topliss-reactive ketones (excluding diaryl/α,β-unsaturated/α-hetero) is 1. The molecule has 1 atom stereocenters. The minimum absolute atomic E-state index is 0.0183. The molecule has 278 valence electrons. The van der Waals surface area contributed by atoms with E-state index in [0.29, 0.717) is 5.56 Å². The monoisotopic (exact) mass is 711 g/mol. The van der Waals surface area contributed by atoms with E-state index in [1.807, 2.05) is 36.4 Å². The summed E-state index contributed by atoms with van der Waals surface area (Å²) >= 11 is 0. The molecule has 0 aliphatic heterocycles. The maximum atomic E-state index is 13.2. The quantitative estimate of drug-likeness (QED) is 0.148. The maximum absolute atomic E-state index is 13.2. The summed E-state index contributed by atoms with van der Waals surface area (Å²) in [6, 6.07) is 27.3. The van der Waals surface area contributed by atoms with Crippen molar-refractivity contribution in [1.82, 2.24) is 15.5 Å². The molecule has 2 aliphatic rings. The van der Waals surface area contributed by atoms with Crippen molar-refractivity contribution in [3.05, 3.63) is 108 Å². The fourth-order valence-corrected chi connectivity index (χ4v) is 6.70. The molecule has 1 unspecified atom stereocenters. The lowest BCUT2D eigenvalue weighted by molar-refractivity contribution is -0.153. The van der Waals surface area contributed by atoms with Gasteiger partial charge in [-0.25, -0.2) is 0 Å². The van der Waals surface area contributed by atoms with Crippen LogP contribution in [0, 0.1) is 0 Å². The molecule has 0 saturated heterocycles. The van der Waals surface area contributed by atoms with Gasteiger partial charge in [-0.3, -0.25) is 24.0 Å². The highest BCUT2D eigenvalue weighted by atomic mass is 16.5. The Morgan fingerprint density at radius 2 is 1.19 bits per heavy atom. The number of benzene rings is 3. The van der Waals surface area contributed by atoms with E-state index < -0.39 is 48.7 Å². The number of carbonyl (C=O) groups is 5. The number of esters is 1. The zero-order valence-electron chi connectivity index (χ0n) is 30.0.